The van der Waals surface area contributed by atoms with Crippen LogP contribution in [0.5, 0.6) is 0 Å². The summed E-state index contributed by atoms with van der Waals surface area (Å²) in [5, 5.41) is 7.86. The minimum Gasteiger partial charge on any atom is -0.364 e. The van der Waals surface area contributed by atoms with E-state index in [1.807, 2.05) is 11.6 Å². The molecule has 0 saturated carbocycles. The number of rotatable bonds is 2. The zero-order chi connectivity index (χ0) is 13.5. The van der Waals surface area contributed by atoms with Gasteiger partial charge in [-0.3, -0.25) is 0 Å². The van der Waals surface area contributed by atoms with Gasteiger partial charge < -0.3 is 10.3 Å². The Bertz CT molecular complexity index is 758. The van der Waals surface area contributed by atoms with Crippen LogP contribution in [0.25, 0.3) is 11.2 Å². The molecule has 0 amide bonds. The van der Waals surface area contributed by atoms with E-state index in [1.54, 1.807) is 6.33 Å². The van der Waals surface area contributed by atoms with Crippen LogP contribution in [0.1, 0.15) is 18.1 Å². The molecule has 8 nitrogen and oxygen atoms in total. The predicted octanol–water partition coefficient (Wildman–Crippen LogP) is 0.680. The largest absolute Gasteiger partial charge is 0.364 e. The number of aromatic amines is 1. The first-order valence-corrected chi connectivity index (χ1v) is 6.60. The SMILES string of the molecule is Cc1nc2n(n1)CC(Nc1ncnc3nc[nH]c13)CC2. The lowest BCUT2D eigenvalue weighted by molar-refractivity contribution is 0.440. The van der Waals surface area contributed by atoms with E-state index in [1.165, 1.54) is 6.33 Å². The molecule has 1 aliphatic heterocycles. The molecule has 4 rings (SSSR count). The van der Waals surface area contributed by atoms with Crippen LogP contribution in [0.2, 0.25) is 0 Å². The minimum atomic E-state index is 0.282. The summed E-state index contributed by atoms with van der Waals surface area (Å²) in [7, 11) is 0. The van der Waals surface area contributed by atoms with Crippen molar-refractivity contribution in [3.63, 3.8) is 0 Å². The number of nitrogens with zero attached hydrogens (tertiary/aromatic N) is 6. The second-order valence-electron chi connectivity index (χ2n) is 4.96. The second kappa shape index (κ2) is 4.26. The van der Waals surface area contributed by atoms with Gasteiger partial charge in [-0.25, -0.2) is 24.6 Å². The van der Waals surface area contributed by atoms with E-state index in [2.05, 4.69) is 35.3 Å². The lowest BCUT2D eigenvalue weighted by Crippen LogP contribution is -2.32. The number of hydrogen-bond acceptors (Lipinski definition) is 6. The fraction of sp³-hybridized carbons (Fsp3) is 0.417. The molecule has 1 atom stereocenters. The average molecular weight is 270 g/mol. The maximum absolute atomic E-state index is 4.42. The van der Waals surface area contributed by atoms with Crippen molar-refractivity contribution in [3.05, 3.63) is 24.3 Å². The van der Waals surface area contributed by atoms with Crippen molar-refractivity contribution < 1.29 is 0 Å². The molecule has 3 aromatic rings. The quantitative estimate of drug-likeness (QED) is 0.710. The van der Waals surface area contributed by atoms with E-state index in [0.717, 1.165) is 42.4 Å². The van der Waals surface area contributed by atoms with Crippen molar-refractivity contribution in [3.8, 4) is 0 Å². The first-order chi connectivity index (χ1) is 9.79. The highest BCUT2D eigenvalue weighted by atomic mass is 15.4. The van der Waals surface area contributed by atoms with Crippen molar-refractivity contribution >= 4 is 17.0 Å². The normalized spacial score (nSPS) is 18.1. The number of aryl methyl sites for hydroxylation is 2. The summed E-state index contributed by atoms with van der Waals surface area (Å²) in [4.78, 5) is 20.0. The maximum Gasteiger partial charge on any atom is 0.182 e. The Morgan fingerprint density at radius 2 is 2.30 bits per heavy atom. The topological polar surface area (TPSA) is 97.2 Å². The molecule has 2 N–H and O–H groups in total. The average Bonchev–Trinajstić information content (AvgIpc) is 3.03. The first-order valence-electron chi connectivity index (χ1n) is 6.60. The van der Waals surface area contributed by atoms with Crippen LogP contribution in [0.3, 0.4) is 0 Å². The highest BCUT2D eigenvalue weighted by Gasteiger charge is 2.21. The van der Waals surface area contributed by atoms with Gasteiger partial charge >= 0.3 is 0 Å². The number of aromatic nitrogens is 7. The Kier molecular flexibility index (Phi) is 2.41. The predicted molar refractivity (Wildman–Crippen MR) is 72.2 cm³/mol. The second-order valence-corrected chi connectivity index (χ2v) is 4.96. The van der Waals surface area contributed by atoms with Gasteiger partial charge in [-0.15, -0.1) is 0 Å². The Labute approximate surface area is 114 Å². The molecule has 0 aliphatic carbocycles. The zero-order valence-electron chi connectivity index (χ0n) is 11.0. The van der Waals surface area contributed by atoms with Gasteiger partial charge in [0.2, 0.25) is 0 Å². The molecule has 0 fully saturated rings. The number of fused-ring (bicyclic) bond motifs is 2. The molecule has 8 heteroatoms. The molecule has 0 spiro atoms. The van der Waals surface area contributed by atoms with Gasteiger partial charge in [-0.05, 0) is 13.3 Å². The van der Waals surface area contributed by atoms with Gasteiger partial charge in [-0.1, -0.05) is 0 Å². The maximum atomic E-state index is 4.42. The van der Waals surface area contributed by atoms with Gasteiger partial charge in [0.1, 0.15) is 23.5 Å². The first kappa shape index (κ1) is 11.3. The van der Waals surface area contributed by atoms with E-state index in [0.29, 0.717) is 5.65 Å². The Morgan fingerprint density at radius 1 is 1.35 bits per heavy atom. The number of imidazole rings is 1. The highest BCUT2D eigenvalue weighted by molar-refractivity contribution is 5.82. The molecule has 20 heavy (non-hydrogen) atoms. The van der Waals surface area contributed by atoms with Gasteiger partial charge in [-0.2, -0.15) is 5.10 Å². The van der Waals surface area contributed by atoms with Crippen molar-refractivity contribution in [2.45, 2.75) is 32.4 Å². The molecule has 0 aromatic carbocycles. The van der Waals surface area contributed by atoms with E-state index in [4.69, 9.17) is 0 Å². The monoisotopic (exact) mass is 270 g/mol. The fourth-order valence-corrected chi connectivity index (χ4v) is 2.62. The lowest BCUT2D eigenvalue weighted by Gasteiger charge is -2.23. The fourth-order valence-electron chi connectivity index (χ4n) is 2.62. The van der Waals surface area contributed by atoms with Crippen LogP contribution in [0.15, 0.2) is 12.7 Å². The third-order valence-electron chi connectivity index (χ3n) is 3.53. The number of hydrogen-bond donors (Lipinski definition) is 2. The van der Waals surface area contributed by atoms with Crippen LogP contribution in [-0.4, -0.2) is 40.7 Å². The molecule has 4 heterocycles. The van der Waals surface area contributed by atoms with Gasteiger partial charge in [0.25, 0.3) is 0 Å². The summed E-state index contributed by atoms with van der Waals surface area (Å²) >= 11 is 0. The lowest BCUT2D eigenvalue weighted by atomic mass is 10.1. The van der Waals surface area contributed by atoms with E-state index in [9.17, 15) is 0 Å². The molecule has 1 aliphatic rings. The molecular weight excluding hydrogens is 256 g/mol. The number of anilines is 1. The molecule has 3 aromatic heterocycles. The van der Waals surface area contributed by atoms with Crippen molar-refractivity contribution in [1.29, 1.82) is 0 Å². The Hall–Kier alpha value is -2.51. The number of nitrogens with one attached hydrogen (secondary N) is 2. The summed E-state index contributed by atoms with van der Waals surface area (Å²) in [6, 6.07) is 0.282. The summed E-state index contributed by atoms with van der Waals surface area (Å²) in [5.74, 6) is 2.69. The van der Waals surface area contributed by atoms with Crippen LogP contribution in [0.4, 0.5) is 5.82 Å². The summed E-state index contributed by atoms with van der Waals surface area (Å²) in [6.45, 7) is 2.72. The van der Waals surface area contributed by atoms with Gasteiger partial charge in [0.15, 0.2) is 11.5 Å². The molecule has 0 saturated heterocycles. The molecule has 102 valence electrons. The third-order valence-corrected chi connectivity index (χ3v) is 3.53. The van der Waals surface area contributed by atoms with E-state index < -0.39 is 0 Å². The summed E-state index contributed by atoms with van der Waals surface area (Å²) in [6.07, 6.45) is 5.09. The zero-order valence-corrected chi connectivity index (χ0v) is 11.0. The van der Waals surface area contributed by atoms with Crippen LogP contribution < -0.4 is 5.32 Å². The standard InChI is InChI=1S/C12H14N8/c1-7-17-9-3-2-8(4-20(9)19-7)18-12-10-11(14-5-13-10)15-6-16-12/h5-6,8H,2-4H2,1H3,(H2,13,14,15,16,18). The molecular formula is C12H14N8. The van der Waals surface area contributed by atoms with Gasteiger partial charge in [0, 0.05) is 12.5 Å². The molecule has 1 unspecified atom stereocenters. The van der Waals surface area contributed by atoms with Crippen LogP contribution >= 0.6 is 0 Å². The minimum absolute atomic E-state index is 0.282. The summed E-state index contributed by atoms with van der Waals surface area (Å²) in [5.41, 5.74) is 1.52. The van der Waals surface area contributed by atoms with Crippen molar-refractivity contribution in [2.24, 2.45) is 0 Å². The Balaban J connectivity index is 1.60. The third kappa shape index (κ3) is 1.80. The van der Waals surface area contributed by atoms with E-state index in [-0.39, 0.29) is 6.04 Å². The van der Waals surface area contributed by atoms with Gasteiger partial charge in [0.05, 0.1) is 12.9 Å². The van der Waals surface area contributed by atoms with Crippen LogP contribution in [-0.2, 0) is 13.0 Å². The van der Waals surface area contributed by atoms with Crippen molar-refractivity contribution in [2.75, 3.05) is 5.32 Å². The van der Waals surface area contributed by atoms with E-state index >= 15 is 0 Å². The van der Waals surface area contributed by atoms with Crippen LogP contribution in [0, 0.1) is 6.92 Å². The molecule has 0 bridgehead atoms. The molecule has 0 radical (unpaired) electrons. The Morgan fingerprint density at radius 3 is 3.25 bits per heavy atom. The summed E-state index contributed by atoms with van der Waals surface area (Å²) < 4.78 is 1.97. The smallest absolute Gasteiger partial charge is 0.182 e. The van der Waals surface area contributed by atoms with Crippen molar-refractivity contribution in [1.82, 2.24) is 34.7 Å². The highest BCUT2D eigenvalue weighted by Crippen LogP contribution is 2.20. The number of H-pyrrole nitrogens is 1.